The van der Waals surface area contributed by atoms with E-state index >= 15 is 0 Å². The third-order valence-corrected chi connectivity index (χ3v) is 4.97. The van der Waals surface area contributed by atoms with Crippen LogP contribution in [0.2, 0.25) is 0 Å². The smallest absolute Gasteiger partial charge is 0.225 e. The Labute approximate surface area is 140 Å². The standard InChI is InChI=1S/C19H21N3O2/c1-11-15(12(2)24-22-11)10-18(23)20-17-9-5-7-14-13-6-3-4-8-16(13)21-19(14)17/h3-4,6,8,17,21H,5,7,9-10H2,1-2H3,(H,20,23)/t17-/m1/s1. The number of aromatic amines is 1. The number of nitrogens with one attached hydrogen (secondary N) is 2. The minimum absolute atomic E-state index is 0.0147. The zero-order valence-corrected chi connectivity index (χ0v) is 14.0. The van der Waals surface area contributed by atoms with Gasteiger partial charge in [0, 0.05) is 22.2 Å². The van der Waals surface area contributed by atoms with Crippen molar-refractivity contribution in [2.75, 3.05) is 0 Å². The molecule has 0 bridgehead atoms. The Morgan fingerprint density at radius 3 is 3.00 bits per heavy atom. The van der Waals surface area contributed by atoms with Crippen molar-refractivity contribution in [2.45, 2.75) is 45.6 Å². The molecule has 2 aromatic heterocycles. The van der Waals surface area contributed by atoms with E-state index in [1.807, 2.05) is 19.9 Å². The van der Waals surface area contributed by atoms with Gasteiger partial charge in [0.25, 0.3) is 0 Å². The van der Waals surface area contributed by atoms with Gasteiger partial charge in [-0.1, -0.05) is 23.4 Å². The number of aryl methyl sites for hydroxylation is 3. The molecule has 3 aromatic rings. The van der Waals surface area contributed by atoms with Crippen LogP contribution in [0.15, 0.2) is 28.8 Å². The van der Waals surface area contributed by atoms with Crippen molar-refractivity contribution in [1.82, 2.24) is 15.5 Å². The lowest BCUT2D eigenvalue weighted by Gasteiger charge is -2.23. The van der Waals surface area contributed by atoms with E-state index in [0.29, 0.717) is 6.42 Å². The van der Waals surface area contributed by atoms with Gasteiger partial charge in [-0.05, 0) is 44.7 Å². The predicted octanol–water partition coefficient (Wildman–Crippen LogP) is 3.51. The molecular formula is C19H21N3O2. The molecule has 2 N–H and O–H groups in total. The average molecular weight is 323 g/mol. The van der Waals surface area contributed by atoms with Crippen LogP contribution in [0.1, 0.15) is 47.2 Å². The van der Waals surface area contributed by atoms with E-state index in [4.69, 9.17) is 4.52 Å². The quantitative estimate of drug-likeness (QED) is 0.775. The van der Waals surface area contributed by atoms with Crippen LogP contribution in [0.3, 0.4) is 0 Å². The van der Waals surface area contributed by atoms with E-state index in [1.54, 1.807) is 0 Å². The second kappa shape index (κ2) is 5.82. The number of carbonyl (C=O) groups is 1. The number of fused-ring (bicyclic) bond motifs is 3. The number of rotatable bonds is 3. The van der Waals surface area contributed by atoms with Crippen LogP contribution in [0.4, 0.5) is 0 Å². The number of nitrogens with zero attached hydrogens (tertiary/aromatic N) is 1. The van der Waals surface area contributed by atoms with E-state index in [1.165, 1.54) is 10.9 Å². The van der Waals surface area contributed by atoms with Gasteiger partial charge in [0.05, 0.1) is 18.2 Å². The summed E-state index contributed by atoms with van der Waals surface area (Å²) in [6.45, 7) is 3.72. The zero-order chi connectivity index (χ0) is 16.7. The molecule has 0 aliphatic heterocycles. The number of aromatic nitrogens is 2. The van der Waals surface area contributed by atoms with Crippen LogP contribution in [-0.2, 0) is 17.6 Å². The summed E-state index contributed by atoms with van der Waals surface area (Å²) in [5.41, 5.74) is 5.33. The van der Waals surface area contributed by atoms with E-state index in [2.05, 4.69) is 33.7 Å². The minimum Gasteiger partial charge on any atom is -0.361 e. The number of H-pyrrole nitrogens is 1. The summed E-state index contributed by atoms with van der Waals surface area (Å²) in [7, 11) is 0. The van der Waals surface area contributed by atoms with Crippen LogP contribution < -0.4 is 5.32 Å². The Morgan fingerprint density at radius 2 is 2.21 bits per heavy atom. The van der Waals surface area contributed by atoms with Crippen molar-refractivity contribution >= 4 is 16.8 Å². The van der Waals surface area contributed by atoms with Crippen LogP contribution >= 0.6 is 0 Å². The van der Waals surface area contributed by atoms with Crippen LogP contribution in [0.5, 0.6) is 0 Å². The molecule has 0 saturated heterocycles. The molecule has 124 valence electrons. The molecule has 1 aromatic carbocycles. The van der Waals surface area contributed by atoms with Crippen molar-refractivity contribution in [1.29, 1.82) is 0 Å². The van der Waals surface area contributed by atoms with Gasteiger partial charge in [0.1, 0.15) is 5.76 Å². The highest BCUT2D eigenvalue weighted by Crippen LogP contribution is 2.34. The maximum Gasteiger partial charge on any atom is 0.225 e. The van der Waals surface area contributed by atoms with Gasteiger partial charge >= 0.3 is 0 Å². The number of benzene rings is 1. The lowest BCUT2D eigenvalue weighted by Crippen LogP contribution is -2.32. The second-order valence-corrected chi connectivity index (χ2v) is 6.55. The normalized spacial score (nSPS) is 17.0. The van der Waals surface area contributed by atoms with Crippen molar-refractivity contribution in [3.05, 3.63) is 52.5 Å². The maximum atomic E-state index is 12.5. The number of hydrogen-bond acceptors (Lipinski definition) is 3. The molecule has 4 rings (SSSR count). The zero-order valence-electron chi connectivity index (χ0n) is 14.0. The van der Waals surface area contributed by atoms with Gasteiger partial charge in [-0.15, -0.1) is 0 Å². The summed E-state index contributed by atoms with van der Waals surface area (Å²) in [5.74, 6) is 0.735. The molecule has 5 nitrogen and oxygen atoms in total. The van der Waals surface area contributed by atoms with Gasteiger partial charge < -0.3 is 14.8 Å². The topological polar surface area (TPSA) is 70.9 Å². The summed E-state index contributed by atoms with van der Waals surface area (Å²) in [6.07, 6.45) is 3.43. The molecule has 1 atom stereocenters. The van der Waals surface area contributed by atoms with Crippen LogP contribution in [0, 0.1) is 13.8 Å². The first-order valence-electron chi connectivity index (χ1n) is 8.44. The lowest BCUT2D eigenvalue weighted by molar-refractivity contribution is -0.121. The molecule has 0 radical (unpaired) electrons. The first-order chi connectivity index (χ1) is 11.6. The van der Waals surface area contributed by atoms with Gasteiger partial charge in [0.15, 0.2) is 0 Å². The van der Waals surface area contributed by atoms with E-state index in [-0.39, 0.29) is 11.9 Å². The van der Waals surface area contributed by atoms with Gasteiger partial charge in [0.2, 0.25) is 5.91 Å². The molecular weight excluding hydrogens is 302 g/mol. The Bertz CT molecular complexity index is 887. The van der Waals surface area contributed by atoms with Crippen LogP contribution in [0.25, 0.3) is 10.9 Å². The molecule has 0 spiro atoms. The summed E-state index contributed by atoms with van der Waals surface area (Å²) in [4.78, 5) is 16.0. The Morgan fingerprint density at radius 1 is 1.38 bits per heavy atom. The van der Waals surface area contributed by atoms with Crippen molar-refractivity contribution < 1.29 is 9.32 Å². The first-order valence-corrected chi connectivity index (χ1v) is 8.44. The fourth-order valence-electron chi connectivity index (χ4n) is 3.72. The SMILES string of the molecule is Cc1noc(C)c1CC(=O)N[C@@H]1CCCc2c1[nH]c1ccccc21. The fourth-order valence-corrected chi connectivity index (χ4v) is 3.72. The third kappa shape index (κ3) is 2.50. The van der Waals surface area contributed by atoms with Crippen molar-refractivity contribution in [3.63, 3.8) is 0 Å². The monoisotopic (exact) mass is 323 g/mol. The molecule has 24 heavy (non-hydrogen) atoms. The molecule has 2 heterocycles. The lowest BCUT2D eigenvalue weighted by atomic mass is 9.91. The molecule has 0 fully saturated rings. The van der Waals surface area contributed by atoms with E-state index in [0.717, 1.165) is 47.5 Å². The molecule has 0 saturated carbocycles. The predicted molar refractivity (Wildman–Crippen MR) is 91.8 cm³/mol. The number of hydrogen-bond donors (Lipinski definition) is 2. The second-order valence-electron chi connectivity index (χ2n) is 6.55. The third-order valence-electron chi connectivity index (χ3n) is 4.97. The molecule has 0 unspecified atom stereocenters. The fraction of sp³-hybridized carbons (Fsp3) is 0.368. The molecule has 5 heteroatoms. The minimum atomic E-state index is 0.0147. The highest BCUT2D eigenvalue weighted by Gasteiger charge is 2.26. The number of carbonyl (C=O) groups excluding carboxylic acids is 1. The largest absolute Gasteiger partial charge is 0.361 e. The highest BCUT2D eigenvalue weighted by atomic mass is 16.5. The van der Waals surface area contributed by atoms with Crippen LogP contribution in [-0.4, -0.2) is 16.0 Å². The van der Waals surface area contributed by atoms with Gasteiger partial charge in [-0.25, -0.2) is 0 Å². The van der Waals surface area contributed by atoms with Crippen molar-refractivity contribution in [3.8, 4) is 0 Å². The van der Waals surface area contributed by atoms with Gasteiger partial charge in [-0.3, -0.25) is 4.79 Å². The number of para-hydroxylation sites is 1. The summed E-state index contributed by atoms with van der Waals surface area (Å²) in [5, 5.41) is 8.38. The molecule has 1 amide bonds. The Kier molecular flexibility index (Phi) is 3.63. The Balaban J connectivity index is 1.57. The Hall–Kier alpha value is -2.56. The number of amides is 1. The maximum absolute atomic E-state index is 12.5. The van der Waals surface area contributed by atoms with E-state index < -0.39 is 0 Å². The van der Waals surface area contributed by atoms with Crippen molar-refractivity contribution in [2.24, 2.45) is 0 Å². The van der Waals surface area contributed by atoms with E-state index in [9.17, 15) is 4.79 Å². The van der Waals surface area contributed by atoms with Gasteiger partial charge in [-0.2, -0.15) is 0 Å². The highest BCUT2D eigenvalue weighted by molar-refractivity contribution is 5.86. The summed E-state index contributed by atoms with van der Waals surface area (Å²) < 4.78 is 5.15. The summed E-state index contributed by atoms with van der Waals surface area (Å²) in [6, 6.07) is 8.40. The average Bonchev–Trinajstić information content (AvgIpc) is 3.11. The molecule has 1 aliphatic rings. The first kappa shape index (κ1) is 15.0. The molecule has 1 aliphatic carbocycles. The summed E-state index contributed by atoms with van der Waals surface area (Å²) >= 11 is 0.